The second kappa shape index (κ2) is 7.50. The molecule has 0 saturated heterocycles. The van der Waals surface area contributed by atoms with Crippen LogP contribution in [0.4, 0.5) is 0 Å². The van der Waals surface area contributed by atoms with Crippen LogP contribution in [-0.2, 0) is 9.47 Å². The lowest BCUT2D eigenvalue weighted by molar-refractivity contribution is -0.0573. The number of carbonyl (C=O) groups excluding carboxylic acids is 1. The van der Waals surface area contributed by atoms with E-state index in [0.29, 0.717) is 11.1 Å². The summed E-state index contributed by atoms with van der Waals surface area (Å²) in [5.74, 6) is 1.95. The van der Waals surface area contributed by atoms with Gasteiger partial charge in [-0.25, -0.2) is 9.59 Å². The van der Waals surface area contributed by atoms with E-state index in [0.717, 1.165) is 10.8 Å². The Morgan fingerprint density at radius 1 is 1.27 bits per heavy atom. The predicted octanol–water partition coefficient (Wildman–Crippen LogP) is 2.31. The minimum atomic E-state index is -1.32. The smallest absolute Gasteiger partial charge is 0.338 e. The highest BCUT2D eigenvalue weighted by molar-refractivity contribution is 5.95. The second-order valence-corrected chi connectivity index (χ2v) is 7.02. The van der Waals surface area contributed by atoms with Gasteiger partial charge in [0.1, 0.15) is 6.61 Å². The molecule has 0 aliphatic carbocycles. The Bertz CT molecular complexity index is 1330. The molecule has 1 aliphatic rings. The number of carbonyl (C=O) groups is 1. The van der Waals surface area contributed by atoms with Crippen LogP contribution in [0, 0.1) is 19.3 Å². The zero-order valence-corrected chi connectivity index (χ0v) is 16.1. The summed E-state index contributed by atoms with van der Waals surface area (Å²) in [6.07, 6.45) is 9.35. The molecule has 0 unspecified atom stereocenters. The number of fused-ring (bicyclic) bond motifs is 1. The Balaban J connectivity index is 1.50. The fourth-order valence-corrected chi connectivity index (χ4v) is 3.23. The number of terminal acetylenes is 1. The van der Waals surface area contributed by atoms with Crippen molar-refractivity contribution in [2.45, 2.75) is 18.8 Å². The molecule has 0 amide bonds. The molecule has 2 aromatic carbocycles. The van der Waals surface area contributed by atoms with Crippen molar-refractivity contribution in [3.8, 4) is 12.3 Å². The maximum absolute atomic E-state index is 12.5. The van der Waals surface area contributed by atoms with Crippen LogP contribution in [0.3, 0.4) is 0 Å². The summed E-state index contributed by atoms with van der Waals surface area (Å²) in [5, 5.41) is 1.93. The van der Waals surface area contributed by atoms with Crippen LogP contribution in [0.2, 0.25) is 0 Å². The van der Waals surface area contributed by atoms with E-state index in [2.05, 4.69) is 10.9 Å². The third-order valence-corrected chi connectivity index (χ3v) is 4.93. The molecule has 1 aliphatic heterocycles. The highest BCUT2D eigenvalue weighted by atomic mass is 16.6. The Labute approximate surface area is 171 Å². The van der Waals surface area contributed by atoms with Gasteiger partial charge in [0.25, 0.3) is 5.56 Å². The molecule has 3 aromatic rings. The minimum absolute atomic E-state index is 0.223. The van der Waals surface area contributed by atoms with Crippen LogP contribution in [0.15, 0.2) is 70.4 Å². The third kappa shape index (κ3) is 3.56. The van der Waals surface area contributed by atoms with Crippen LogP contribution < -0.4 is 11.2 Å². The van der Waals surface area contributed by atoms with Gasteiger partial charge in [0.15, 0.2) is 11.8 Å². The summed E-state index contributed by atoms with van der Waals surface area (Å²) in [4.78, 5) is 38.4. The number of H-pyrrole nitrogens is 1. The first-order valence-corrected chi connectivity index (χ1v) is 9.24. The normalized spacial score (nSPS) is 20.2. The van der Waals surface area contributed by atoms with Gasteiger partial charge in [-0.1, -0.05) is 36.3 Å². The van der Waals surface area contributed by atoms with Gasteiger partial charge in [-0.3, -0.25) is 14.3 Å². The van der Waals surface area contributed by atoms with Crippen molar-refractivity contribution in [3.63, 3.8) is 0 Å². The Morgan fingerprint density at radius 3 is 2.80 bits per heavy atom. The number of hydrogen-bond donors (Lipinski definition) is 1. The molecule has 30 heavy (non-hydrogen) atoms. The van der Waals surface area contributed by atoms with E-state index in [1.54, 1.807) is 31.2 Å². The molecule has 7 heteroatoms. The molecule has 7 nitrogen and oxygen atoms in total. The van der Waals surface area contributed by atoms with Crippen molar-refractivity contribution in [2.24, 2.45) is 0 Å². The summed E-state index contributed by atoms with van der Waals surface area (Å²) < 4.78 is 12.5. The second-order valence-electron chi connectivity index (χ2n) is 7.02. The van der Waals surface area contributed by atoms with Crippen LogP contribution >= 0.6 is 0 Å². The van der Waals surface area contributed by atoms with Crippen molar-refractivity contribution in [1.29, 1.82) is 0 Å². The lowest BCUT2D eigenvalue weighted by atomic mass is 10.1. The Kier molecular flexibility index (Phi) is 4.86. The average molecular weight is 402 g/mol. The molecule has 0 saturated carbocycles. The van der Waals surface area contributed by atoms with Crippen molar-refractivity contribution in [1.82, 2.24) is 9.55 Å². The van der Waals surface area contributed by atoms with Crippen molar-refractivity contribution in [2.75, 3.05) is 6.61 Å². The van der Waals surface area contributed by atoms with E-state index < -0.39 is 29.0 Å². The number of hydrogen-bond acceptors (Lipinski definition) is 5. The van der Waals surface area contributed by atoms with Crippen LogP contribution in [-0.4, -0.2) is 27.7 Å². The summed E-state index contributed by atoms with van der Waals surface area (Å²) >= 11 is 0. The standard InChI is InChI=1S/C23H18N2O5/c1-3-23(11-10-19(30-23)25-13-15(2)20(26)24-22(25)28)14-29-21(27)18-9-8-16-6-4-5-7-17(16)12-18/h1,4-13,19H,14H2,2H3,(H,24,26,28)/t19-,23+/m1/s1. The SMILES string of the molecule is C#C[C@@]1(COC(=O)c2ccc3ccccc3c2)C=C[C@H](n2cc(C)c(=O)[nH]c2=O)O1. The zero-order valence-electron chi connectivity index (χ0n) is 16.1. The summed E-state index contributed by atoms with van der Waals surface area (Å²) in [7, 11) is 0. The van der Waals surface area contributed by atoms with Gasteiger partial charge in [-0.15, -0.1) is 6.42 Å². The van der Waals surface area contributed by atoms with Crippen molar-refractivity contribution in [3.05, 3.63) is 92.8 Å². The molecule has 1 N–H and O–H groups in total. The number of nitrogens with one attached hydrogen (secondary N) is 1. The molecular formula is C23H18N2O5. The van der Waals surface area contributed by atoms with Crippen LogP contribution in [0.5, 0.6) is 0 Å². The maximum Gasteiger partial charge on any atom is 0.338 e. The van der Waals surface area contributed by atoms with Gasteiger partial charge in [0.05, 0.1) is 5.56 Å². The average Bonchev–Trinajstić information content (AvgIpc) is 3.19. The number of benzene rings is 2. The predicted molar refractivity (Wildman–Crippen MR) is 111 cm³/mol. The first kappa shape index (κ1) is 19.4. The molecule has 4 rings (SSSR count). The highest BCUT2D eigenvalue weighted by Gasteiger charge is 2.36. The minimum Gasteiger partial charge on any atom is -0.458 e. The molecule has 150 valence electrons. The van der Waals surface area contributed by atoms with E-state index >= 15 is 0 Å². The van der Waals surface area contributed by atoms with E-state index in [9.17, 15) is 14.4 Å². The monoisotopic (exact) mass is 402 g/mol. The number of aromatic amines is 1. The first-order chi connectivity index (χ1) is 14.4. The lowest BCUT2D eigenvalue weighted by Gasteiger charge is -2.24. The Hall–Kier alpha value is -3.89. The van der Waals surface area contributed by atoms with Crippen LogP contribution in [0.25, 0.3) is 10.8 Å². The molecular weight excluding hydrogens is 384 g/mol. The summed E-state index contributed by atoms with van der Waals surface area (Å²) in [6.45, 7) is 1.35. The molecule has 1 aromatic heterocycles. The first-order valence-electron chi connectivity index (χ1n) is 9.24. The Morgan fingerprint density at radius 2 is 2.03 bits per heavy atom. The number of ether oxygens (including phenoxy) is 2. The molecule has 0 radical (unpaired) electrons. The largest absolute Gasteiger partial charge is 0.458 e. The summed E-state index contributed by atoms with van der Waals surface area (Å²) in [6, 6.07) is 13.0. The molecule has 2 atom stereocenters. The van der Waals surface area contributed by atoms with Crippen molar-refractivity contribution >= 4 is 16.7 Å². The number of esters is 1. The van der Waals surface area contributed by atoms with E-state index in [1.165, 1.54) is 10.8 Å². The molecule has 0 fully saturated rings. The fourth-order valence-electron chi connectivity index (χ4n) is 3.23. The van der Waals surface area contributed by atoms with Gasteiger partial charge < -0.3 is 9.47 Å². The van der Waals surface area contributed by atoms with Gasteiger partial charge in [-0.05, 0) is 42.0 Å². The third-order valence-electron chi connectivity index (χ3n) is 4.93. The zero-order chi connectivity index (χ0) is 21.3. The van der Waals surface area contributed by atoms with Gasteiger partial charge >= 0.3 is 11.7 Å². The topological polar surface area (TPSA) is 90.4 Å². The lowest BCUT2D eigenvalue weighted by Crippen LogP contribution is -2.37. The number of aromatic nitrogens is 2. The molecule has 2 heterocycles. The van der Waals surface area contributed by atoms with Crippen molar-refractivity contribution < 1.29 is 14.3 Å². The quantitative estimate of drug-likeness (QED) is 0.411. The fraction of sp³-hybridized carbons (Fsp3) is 0.174. The van der Waals surface area contributed by atoms with Gasteiger partial charge in [-0.2, -0.15) is 0 Å². The summed E-state index contributed by atoms with van der Waals surface area (Å²) in [5.41, 5.74) is -1.66. The molecule has 0 spiro atoms. The maximum atomic E-state index is 12.5. The molecule has 0 bridgehead atoms. The van der Waals surface area contributed by atoms with E-state index in [-0.39, 0.29) is 6.61 Å². The van der Waals surface area contributed by atoms with Crippen LogP contribution in [0.1, 0.15) is 22.1 Å². The van der Waals surface area contributed by atoms with E-state index in [4.69, 9.17) is 15.9 Å². The number of nitrogens with zero attached hydrogens (tertiary/aromatic N) is 1. The number of aryl methyl sites for hydroxylation is 1. The number of rotatable bonds is 4. The van der Waals surface area contributed by atoms with Gasteiger partial charge in [0.2, 0.25) is 0 Å². The van der Waals surface area contributed by atoms with E-state index in [1.807, 2.05) is 30.3 Å². The van der Waals surface area contributed by atoms with Gasteiger partial charge in [0, 0.05) is 11.8 Å². The highest BCUT2D eigenvalue weighted by Crippen LogP contribution is 2.29.